The van der Waals surface area contributed by atoms with Crippen LogP contribution in [0.2, 0.25) is 0 Å². The van der Waals surface area contributed by atoms with Gasteiger partial charge in [-0.1, -0.05) is 18.2 Å². The van der Waals surface area contributed by atoms with Crippen molar-refractivity contribution in [3.63, 3.8) is 0 Å². The second kappa shape index (κ2) is 8.24. The summed E-state index contributed by atoms with van der Waals surface area (Å²) >= 11 is 0. The summed E-state index contributed by atoms with van der Waals surface area (Å²) in [5.41, 5.74) is 7.90. The first-order valence-corrected chi connectivity index (χ1v) is 8.44. The molecule has 1 saturated heterocycles. The number of hydrogen-bond acceptors (Lipinski definition) is 6. The summed E-state index contributed by atoms with van der Waals surface area (Å²) in [6.07, 6.45) is 1.12. The normalized spacial score (nSPS) is 19.9. The molecule has 3 N–H and O–H groups in total. The Morgan fingerprint density at radius 2 is 2.08 bits per heavy atom. The number of ether oxygens (including phenoxy) is 1. The van der Waals surface area contributed by atoms with E-state index >= 15 is 0 Å². The second-order valence-electron chi connectivity index (χ2n) is 6.24. The minimum absolute atomic E-state index is 0.0620. The summed E-state index contributed by atoms with van der Waals surface area (Å²) in [5, 5.41) is 2.95. The number of amides is 1. The molecule has 1 amide bonds. The van der Waals surface area contributed by atoms with Crippen LogP contribution in [0, 0.1) is 6.92 Å². The van der Waals surface area contributed by atoms with Gasteiger partial charge in [-0.3, -0.25) is 15.6 Å². The lowest BCUT2D eigenvalue weighted by Crippen LogP contribution is -2.41. The molecular weight excluding hydrogens is 320 g/mol. The van der Waals surface area contributed by atoms with Crippen LogP contribution in [0.5, 0.6) is 0 Å². The molecule has 7 heteroatoms. The van der Waals surface area contributed by atoms with Gasteiger partial charge in [-0.15, -0.1) is 0 Å². The molecule has 2 aromatic rings. The standard InChI is InChI=1S/C18H24N4O3/c1-12-16(20-18(25-12)13-6-4-3-5-7-13)9-17(23)19-10-14-8-15(11-24-2)22-21-14/h3-7,14-15,21-22H,8-11H2,1-2H3,(H,19,23). The van der Waals surface area contributed by atoms with Gasteiger partial charge in [0.25, 0.3) is 0 Å². The molecule has 3 rings (SSSR count). The van der Waals surface area contributed by atoms with Crippen LogP contribution < -0.4 is 16.2 Å². The monoisotopic (exact) mass is 344 g/mol. The Labute approximate surface area is 147 Å². The third-order valence-electron chi connectivity index (χ3n) is 4.22. The van der Waals surface area contributed by atoms with Crippen LogP contribution >= 0.6 is 0 Å². The molecule has 1 fully saturated rings. The first kappa shape index (κ1) is 17.6. The number of methoxy groups -OCH3 is 1. The summed E-state index contributed by atoms with van der Waals surface area (Å²) < 4.78 is 10.8. The van der Waals surface area contributed by atoms with Crippen LogP contribution in [0.25, 0.3) is 11.5 Å². The van der Waals surface area contributed by atoms with Gasteiger partial charge in [0.1, 0.15) is 5.76 Å². The Morgan fingerprint density at radius 1 is 1.32 bits per heavy atom. The first-order valence-electron chi connectivity index (χ1n) is 8.44. The van der Waals surface area contributed by atoms with Gasteiger partial charge in [-0.25, -0.2) is 4.98 Å². The maximum absolute atomic E-state index is 12.2. The predicted octanol–water partition coefficient (Wildman–Crippen LogP) is 1.19. The molecule has 0 spiro atoms. The van der Waals surface area contributed by atoms with Gasteiger partial charge in [-0.2, -0.15) is 0 Å². The van der Waals surface area contributed by atoms with E-state index in [1.165, 1.54) is 0 Å². The van der Waals surface area contributed by atoms with Crippen molar-refractivity contribution >= 4 is 5.91 Å². The summed E-state index contributed by atoms with van der Waals surface area (Å²) in [6, 6.07) is 10.1. The Kier molecular flexibility index (Phi) is 5.80. The fourth-order valence-electron chi connectivity index (χ4n) is 2.89. The van der Waals surface area contributed by atoms with Crippen LogP contribution in [0.3, 0.4) is 0 Å². The minimum atomic E-state index is -0.0620. The number of oxazole rings is 1. The molecule has 0 aliphatic carbocycles. The molecule has 0 bridgehead atoms. The second-order valence-corrected chi connectivity index (χ2v) is 6.24. The Bertz CT molecular complexity index is 702. The molecule has 0 radical (unpaired) electrons. The first-order chi connectivity index (χ1) is 12.2. The maximum Gasteiger partial charge on any atom is 0.226 e. The number of benzene rings is 1. The van der Waals surface area contributed by atoms with E-state index in [4.69, 9.17) is 9.15 Å². The summed E-state index contributed by atoms with van der Waals surface area (Å²) in [4.78, 5) is 16.7. The van der Waals surface area contributed by atoms with Crippen molar-refractivity contribution in [2.24, 2.45) is 0 Å². The van der Waals surface area contributed by atoms with E-state index in [2.05, 4.69) is 21.2 Å². The zero-order chi connectivity index (χ0) is 17.6. The summed E-state index contributed by atoms with van der Waals surface area (Å²) in [7, 11) is 1.68. The highest BCUT2D eigenvalue weighted by molar-refractivity contribution is 5.78. The number of hydrogen-bond donors (Lipinski definition) is 3. The molecule has 1 aromatic heterocycles. The molecular formula is C18H24N4O3. The molecule has 25 heavy (non-hydrogen) atoms. The van der Waals surface area contributed by atoms with E-state index in [9.17, 15) is 4.79 Å². The zero-order valence-corrected chi connectivity index (χ0v) is 14.5. The van der Waals surface area contributed by atoms with Crippen LogP contribution in [0.15, 0.2) is 34.7 Å². The molecule has 1 aliphatic rings. The zero-order valence-electron chi connectivity index (χ0n) is 14.5. The van der Waals surface area contributed by atoms with Crippen molar-refractivity contribution < 1.29 is 13.9 Å². The number of aromatic nitrogens is 1. The molecule has 2 unspecified atom stereocenters. The van der Waals surface area contributed by atoms with E-state index < -0.39 is 0 Å². The Morgan fingerprint density at radius 3 is 2.84 bits per heavy atom. The van der Waals surface area contributed by atoms with E-state index in [1.54, 1.807) is 7.11 Å². The third-order valence-corrected chi connectivity index (χ3v) is 4.22. The summed E-state index contributed by atoms with van der Waals surface area (Å²) in [6.45, 7) is 3.05. The highest BCUT2D eigenvalue weighted by Gasteiger charge is 2.24. The number of carbonyl (C=O) groups excluding carboxylic acids is 1. The topological polar surface area (TPSA) is 88.4 Å². The van der Waals surface area contributed by atoms with Crippen molar-refractivity contribution in [1.29, 1.82) is 0 Å². The third kappa shape index (κ3) is 4.66. The van der Waals surface area contributed by atoms with Crippen molar-refractivity contribution in [2.45, 2.75) is 31.8 Å². The van der Waals surface area contributed by atoms with Crippen molar-refractivity contribution in [1.82, 2.24) is 21.2 Å². The van der Waals surface area contributed by atoms with Crippen molar-refractivity contribution in [3.8, 4) is 11.5 Å². The Balaban J connectivity index is 1.51. The number of rotatable bonds is 7. The van der Waals surface area contributed by atoms with Gasteiger partial charge >= 0.3 is 0 Å². The predicted molar refractivity (Wildman–Crippen MR) is 93.7 cm³/mol. The van der Waals surface area contributed by atoms with Gasteiger partial charge in [0.05, 0.1) is 18.7 Å². The molecule has 134 valence electrons. The molecule has 1 aliphatic heterocycles. The van der Waals surface area contributed by atoms with Crippen molar-refractivity contribution in [2.75, 3.05) is 20.3 Å². The molecule has 2 heterocycles. The number of nitrogens with zero attached hydrogens (tertiary/aromatic N) is 1. The van der Waals surface area contributed by atoms with Crippen LogP contribution in [-0.2, 0) is 16.0 Å². The fraction of sp³-hybridized carbons (Fsp3) is 0.444. The lowest BCUT2D eigenvalue weighted by atomic mass is 10.1. The van der Waals surface area contributed by atoms with E-state index in [0.717, 1.165) is 12.0 Å². The van der Waals surface area contributed by atoms with Crippen LogP contribution in [0.1, 0.15) is 17.9 Å². The van der Waals surface area contributed by atoms with Gasteiger partial charge in [-0.05, 0) is 25.5 Å². The fourth-order valence-corrected chi connectivity index (χ4v) is 2.89. The molecule has 1 aromatic carbocycles. The smallest absolute Gasteiger partial charge is 0.226 e. The average Bonchev–Trinajstić information content (AvgIpc) is 3.21. The van der Waals surface area contributed by atoms with Crippen molar-refractivity contribution in [3.05, 3.63) is 41.8 Å². The maximum atomic E-state index is 12.2. The van der Waals surface area contributed by atoms with Gasteiger partial charge in [0.15, 0.2) is 0 Å². The van der Waals surface area contributed by atoms with E-state index in [-0.39, 0.29) is 24.4 Å². The minimum Gasteiger partial charge on any atom is -0.441 e. The Hall–Kier alpha value is -2.22. The largest absolute Gasteiger partial charge is 0.441 e. The lowest BCUT2D eigenvalue weighted by molar-refractivity contribution is -0.120. The number of carbonyl (C=O) groups is 1. The molecule has 7 nitrogen and oxygen atoms in total. The van der Waals surface area contributed by atoms with Gasteiger partial charge in [0.2, 0.25) is 11.8 Å². The highest BCUT2D eigenvalue weighted by atomic mass is 16.5. The quantitative estimate of drug-likeness (QED) is 0.699. The number of hydrazine groups is 1. The summed E-state index contributed by atoms with van der Waals surface area (Å²) in [5.74, 6) is 1.16. The van der Waals surface area contributed by atoms with E-state index in [0.29, 0.717) is 30.5 Å². The van der Waals surface area contributed by atoms with Crippen LogP contribution in [-0.4, -0.2) is 43.2 Å². The molecule has 2 atom stereocenters. The SMILES string of the molecule is COCC1CC(CNC(=O)Cc2nc(-c3ccccc3)oc2C)NN1. The van der Waals surface area contributed by atoms with Crippen LogP contribution in [0.4, 0.5) is 0 Å². The van der Waals surface area contributed by atoms with Gasteiger partial charge < -0.3 is 14.5 Å². The highest BCUT2D eigenvalue weighted by Crippen LogP contribution is 2.21. The lowest BCUT2D eigenvalue weighted by Gasteiger charge is -2.10. The molecule has 0 saturated carbocycles. The van der Waals surface area contributed by atoms with Gasteiger partial charge in [0, 0.05) is 31.3 Å². The van der Waals surface area contributed by atoms with E-state index in [1.807, 2.05) is 37.3 Å². The number of aryl methyl sites for hydroxylation is 1. The average molecular weight is 344 g/mol. The number of nitrogens with one attached hydrogen (secondary N) is 3.